The number of rotatable bonds is 2. The van der Waals surface area contributed by atoms with E-state index in [1.54, 1.807) is 6.08 Å². The maximum absolute atomic E-state index is 12.8. The minimum atomic E-state index is -0.0702. The van der Waals surface area contributed by atoms with Crippen molar-refractivity contribution in [3.63, 3.8) is 0 Å². The molecule has 1 unspecified atom stereocenters. The molecule has 0 aromatic heterocycles. The SMILES string of the molecule is C=CCN1CCC2(CCC1=O)CN(C(=O)N1CCCC1)CCN2C. The second-order valence-corrected chi connectivity index (χ2v) is 7.42. The first kappa shape index (κ1) is 17.3. The summed E-state index contributed by atoms with van der Waals surface area (Å²) in [4.78, 5) is 33.4. The smallest absolute Gasteiger partial charge is 0.320 e. The first-order valence-electron chi connectivity index (χ1n) is 9.19. The van der Waals surface area contributed by atoms with Crippen LogP contribution in [0.5, 0.6) is 0 Å². The summed E-state index contributed by atoms with van der Waals surface area (Å²) in [7, 11) is 2.14. The maximum Gasteiger partial charge on any atom is 0.320 e. The fourth-order valence-electron chi connectivity index (χ4n) is 4.31. The fraction of sp³-hybridized carbons (Fsp3) is 0.778. The lowest BCUT2D eigenvalue weighted by Gasteiger charge is -2.49. The predicted molar refractivity (Wildman–Crippen MR) is 93.8 cm³/mol. The third-order valence-electron chi connectivity index (χ3n) is 6.00. The van der Waals surface area contributed by atoms with Gasteiger partial charge in [0, 0.05) is 57.8 Å². The van der Waals surface area contributed by atoms with Gasteiger partial charge in [-0.05, 0) is 32.7 Å². The van der Waals surface area contributed by atoms with Crippen LogP contribution in [-0.4, -0.2) is 89.9 Å². The second-order valence-electron chi connectivity index (χ2n) is 7.42. The second kappa shape index (κ2) is 7.13. The van der Waals surface area contributed by atoms with E-state index in [0.29, 0.717) is 13.0 Å². The van der Waals surface area contributed by atoms with Crippen LogP contribution in [0, 0.1) is 0 Å². The number of urea groups is 1. The van der Waals surface area contributed by atoms with Crippen molar-refractivity contribution >= 4 is 11.9 Å². The summed E-state index contributed by atoms with van der Waals surface area (Å²) in [5.74, 6) is 0.211. The van der Waals surface area contributed by atoms with Gasteiger partial charge < -0.3 is 14.7 Å². The fourth-order valence-corrected chi connectivity index (χ4v) is 4.31. The lowest BCUT2D eigenvalue weighted by Crippen LogP contribution is -2.63. The molecule has 0 bridgehead atoms. The molecule has 24 heavy (non-hydrogen) atoms. The van der Waals surface area contributed by atoms with Crippen molar-refractivity contribution < 1.29 is 9.59 Å². The maximum atomic E-state index is 12.8. The van der Waals surface area contributed by atoms with Crippen LogP contribution in [0.25, 0.3) is 0 Å². The van der Waals surface area contributed by atoms with Crippen LogP contribution in [0.4, 0.5) is 4.79 Å². The number of hydrogen-bond donors (Lipinski definition) is 0. The van der Waals surface area contributed by atoms with Gasteiger partial charge in [-0.3, -0.25) is 9.69 Å². The molecule has 0 aromatic rings. The molecule has 1 atom stereocenters. The van der Waals surface area contributed by atoms with E-state index in [0.717, 1.165) is 65.0 Å². The van der Waals surface area contributed by atoms with Gasteiger partial charge in [0.15, 0.2) is 0 Å². The van der Waals surface area contributed by atoms with E-state index >= 15 is 0 Å². The standard InChI is InChI=1S/C18H30N4O2/c1-3-9-20-12-8-18(7-6-16(20)23)15-22(14-13-19(18)2)17(24)21-10-4-5-11-21/h3H,1,4-15H2,2H3. The van der Waals surface area contributed by atoms with E-state index < -0.39 is 0 Å². The molecule has 3 saturated heterocycles. The highest BCUT2D eigenvalue weighted by Gasteiger charge is 2.44. The van der Waals surface area contributed by atoms with Crippen LogP contribution in [0.3, 0.4) is 0 Å². The lowest BCUT2D eigenvalue weighted by molar-refractivity contribution is -0.130. The molecule has 0 radical (unpaired) electrons. The molecule has 3 aliphatic rings. The van der Waals surface area contributed by atoms with Gasteiger partial charge in [0.05, 0.1) is 0 Å². The number of piperazine rings is 1. The number of likely N-dealkylation sites (tertiary alicyclic amines) is 2. The van der Waals surface area contributed by atoms with Crippen molar-refractivity contribution in [1.29, 1.82) is 0 Å². The number of carbonyl (C=O) groups is 2. The molecule has 3 aliphatic heterocycles. The van der Waals surface area contributed by atoms with E-state index in [9.17, 15) is 9.59 Å². The molecule has 0 aliphatic carbocycles. The summed E-state index contributed by atoms with van der Waals surface area (Å²) >= 11 is 0. The highest BCUT2D eigenvalue weighted by atomic mass is 16.2. The van der Waals surface area contributed by atoms with Crippen molar-refractivity contribution in [2.24, 2.45) is 0 Å². The van der Waals surface area contributed by atoms with Crippen LogP contribution in [0.2, 0.25) is 0 Å². The summed E-state index contributed by atoms with van der Waals surface area (Å²) in [5.41, 5.74) is -0.0702. The number of hydrogen-bond acceptors (Lipinski definition) is 3. The van der Waals surface area contributed by atoms with Crippen molar-refractivity contribution in [2.75, 3.05) is 52.9 Å². The molecule has 3 heterocycles. The van der Waals surface area contributed by atoms with Crippen molar-refractivity contribution in [1.82, 2.24) is 19.6 Å². The molecule has 134 valence electrons. The molecule has 3 rings (SSSR count). The zero-order valence-electron chi connectivity index (χ0n) is 14.9. The highest BCUT2D eigenvalue weighted by molar-refractivity contribution is 5.77. The third kappa shape index (κ3) is 3.29. The van der Waals surface area contributed by atoms with Gasteiger partial charge in [0.25, 0.3) is 0 Å². The Morgan fingerprint density at radius 3 is 2.58 bits per heavy atom. The monoisotopic (exact) mass is 334 g/mol. The van der Waals surface area contributed by atoms with Crippen molar-refractivity contribution in [3.05, 3.63) is 12.7 Å². The van der Waals surface area contributed by atoms with Gasteiger partial charge in [0.1, 0.15) is 0 Å². The Labute approximate surface area is 145 Å². The topological polar surface area (TPSA) is 47.1 Å². The van der Waals surface area contributed by atoms with Crippen LogP contribution >= 0.6 is 0 Å². The Kier molecular flexibility index (Phi) is 5.13. The van der Waals surface area contributed by atoms with E-state index in [4.69, 9.17) is 0 Å². The number of nitrogens with zero attached hydrogens (tertiary/aromatic N) is 4. The largest absolute Gasteiger partial charge is 0.339 e. The molecule has 1 spiro atoms. The molecule has 6 heteroatoms. The summed E-state index contributed by atoms with van der Waals surface area (Å²) in [6.07, 6.45) is 6.35. The molecule has 6 nitrogen and oxygen atoms in total. The Morgan fingerprint density at radius 2 is 1.88 bits per heavy atom. The quantitative estimate of drug-likeness (QED) is 0.717. The minimum Gasteiger partial charge on any atom is -0.339 e. The van der Waals surface area contributed by atoms with Crippen LogP contribution in [0.15, 0.2) is 12.7 Å². The van der Waals surface area contributed by atoms with Gasteiger partial charge in [0.2, 0.25) is 5.91 Å². The molecule has 0 saturated carbocycles. The molecule has 3 amide bonds. The summed E-state index contributed by atoms with van der Waals surface area (Å²) in [6.45, 7) is 9.33. The normalized spacial score (nSPS) is 29.2. The molecule has 0 N–H and O–H groups in total. The Balaban J connectivity index is 1.71. The number of amides is 3. The third-order valence-corrected chi connectivity index (χ3v) is 6.00. The van der Waals surface area contributed by atoms with Crippen LogP contribution < -0.4 is 0 Å². The van der Waals surface area contributed by atoms with Gasteiger partial charge in [-0.2, -0.15) is 0 Å². The molecule has 3 fully saturated rings. The first-order valence-corrected chi connectivity index (χ1v) is 9.19. The number of likely N-dealkylation sites (N-methyl/N-ethyl adjacent to an activating group) is 1. The van der Waals surface area contributed by atoms with Gasteiger partial charge in [-0.15, -0.1) is 6.58 Å². The average molecular weight is 334 g/mol. The van der Waals surface area contributed by atoms with E-state index in [2.05, 4.69) is 18.5 Å². The van der Waals surface area contributed by atoms with E-state index in [1.165, 1.54) is 0 Å². The van der Waals surface area contributed by atoms with Gasteiger partial charge in [-0.1, -0.05) is 6.08 Å². The average Bonchev–Trinajstić information content (AvgIpc) is 3.07. The zero-order chi connectivity index (χ0) is 17.2. The zero-order valence-corrected chi connectivity index (χ0v) is 14.9. The van der Waals surface area contributed by atoms with E-state index in [1.807, 2.05) is 14.7 Å². The molecular formula is C18H30N4O2. The minimum absolute atomic E-state index is 0.0702. The highest BCUT2D eigenvalue weighted by Crippen LogP contribution is 2.32. The van der Waals surface area contributed by atoms with Crippen LogP contribution in [0.1, 0.15) is 32.1 Å². The lowest BCUT2D eigenvalue weighted by atomic mass is 9.86. The Hall–Kier alpha value is -1.56. The van der Waals surface area contributed by atoms with Crippen LogP contribution in [-0.2, 0) is 4.79 Å². The molecule has 0 aromatic carbocycles. The summed E-state index contributed by atoms with van der Waals surface area (Å²) in [5, 5.41) is 0. The summed E-state index contributed by atoms with van der Waals surface area (Å²) < 4.78 is 0. The Morgan fingerprint density at radius 1 is 1.12 bits per heavy atom. The summed E-state index contributed by atoms with van der Waals surface area (Å²) in [6, 6.07) is 0.193. The van der Waals surface area contributed by atoms with Crippen molar-refractivity contribution in [3.8, 4) is 0 Å². The predicted octanol–water partition coefficient (Wildman–Crippen LogP) is 1.39. The number of carbonyl (C=O) groups excluding carboxylic acids is 2. The van der Waals surface area contributed by atoms with Gasteiger partial charge >= 0.3 is 6.03 Å². The van der Waals surface area contributed by atoms with Crippen molar-refractivity contribution in [2.45, 2.75) is 37.6 Å². The molecular weight excluding hydrogens is 304 g/mol. The first-order chi connectivity index (χ1) is 11.6. The van der Waals surface area contributed by atoms with Gasteiger partial charge in [-0.25, -0.2) is 4.79 Å². The van der Waals surface area contributed by atoms with E-state index in [-0.39, 0.29) is 17.5 Å². The Bertz CT molecular complexity index is 503.